The largest absolute Gasteiger partial charge is 0.497 e. The van der Waals surface area contributed by atoms with Gasteiger partial charge in [0.05, 0.1) is 7.11 Å². The summed E-state index contributed by atoms with van der Waals surface area (Å²) in [6, 6.07) is 18.9. The van der Waals surface area contributed by atoms with Gasteiger partial charge in [0.1, 0.15) is 11.4 Å². The van der Waals surface area contributed by atoms with Gasteiger partial charge in [-0.2, -0.15) is 0 Å². The minimum absolute atomic E-state index is 0.0632. The molecule has 0 spiro atoms. The Morgan fingerprint density at radius 1 is 0.900 bits per heavy atom. The predicted octanol–water partition coefficient (Wildman–Crippen LogP) is 5.73. The molecule has 0 bridgehead atoms. The van der Waals surface area contributed by atoms with Crippen molar-refractivity contribution in [1.82, 2.24) is 4.90 Å². The molecular weight excluding hydrogens is 370 g/mol. The number of piperidine rings is 1. The molecule has 0 aromatic heterocycles. The molecule has 2 aromatic carbocycles. The fourth-order valence-corrected chi connectivity index (χ4v) is 5.71. The molecule has 4 rings (SSSR count). The van der Waals surface area contributed by atoms with Gasteiger partial charge in [-0.3, -0.25) is 0 Å². The van der Waals surface area contributed by atoms with Crippen molar-refractivity contribution < 1.29 is 9.84 Å². The zero-order valence-corrected chi connectivity index (χ0v) is 18.4. The molecule has 0 radical (unpaired) electrons. The second-order valence-corrected chi connectivity index (χ2v) is 9.21. The Hall–Kier alpha value is -1.84. The quantitative estimate of drug-likeness (QED) is 0.636. The number of methoxy groups -OCH3 is 1. The Bertz CT molecular complexity index is 763. The lowest BCUT2D eigenvalue weighted by Gasteiger charge is -2.46. The summed E-state index contributed by atoms with van der Waals surface area (Å²) in [4.78, 5) is 2.58. The van der Waals surface area contributed by atoms with Gasteiger partial charge in [0.25, 0.3) is 0 Å². The summed E-state index contributed by atoms with van der Waals surface area (Å²) in [5.74, 6) is 1.19. The van der Waals surface area contributed by atoms with Crippen LogP contribution in [-0.4, -0.2) is 36.8 Å². The summed E-state index contributed by atoms with van der Waals surface area (Å²) in [7, 11) is 1.70. The average Bonchev–Trinajstić information content (AvgIpc) is 2.84. The molecule has 3 nitrogen and oxygen atoms in total. The summed E-state index contributed by atoms with van der Waals surface area (Å²) < 4.78 is 5.40. The summed E-state index contributed by atoms with van der Waals surface area (Å²) in [5.41, 5.74) is 1.43. The fraction of sp³-hybridized carbons (Fsp3) is 0.556. The summed E-state index contributed by atoms with van der Waals surface area (Å²) in [5, 5.41) is 12.6. The molecule has 0 amide bonds. The van der Waals surface area contributed by atoms with Crippen LogP contribution in [0.1, 0.15) is 68.4 Å². The highest BCUT2D eigenvalue weighted by Crippen LogP contribution is 2.48. The van der Waals surface area contributed by atoms with E-state index in [0.717, 1.165) is 43.8 Å². The van der Waals surface area contributed by atoms with Crippen molar-refractivity contribution in [2.24, 2.45) is 5.92 Å². The third-order valence-corrected chi connectivity index (χ3v) is 7.40. The van der Waals surface area contributed by atoms with E-state index < -0.39 is 5.60 Å². The second kappa shape index (κ2) is 9.98. The first-order valence-electron chi connectivity index (χ1n) is 11.9. The Labute approximate surface area is 182 Å². The molecule has 1 aliphatic heterocycles. The molecule has 1 heterocycles. The Morgan fingerprint density at radius 3 is 2.17 bits per heavy atom. The molecule has 0 unspecified atom stereocenters. The molecule has 1 saturated heterocycles. The number of nitrogens with zero attached hydrogens (tertiary/aromatic N) is 1. The third kappa shape index (κ3) is 4.58. The van der Waals surface area contributed by atoms with E-state index in [2.05, 4.69) is 47.4 Å². The van der Waals surface area contributed by atoms with E-state index in [0.29, 0.717) is 0 Å². The number of aliphatic hydroxyl groups is 1. The number of hydrogen-bond donors (Lipinski definition) is 1. The van der Waals surface area contributed by atoms with Gasteiger partial charge in [-0.25, -0.2) is 0 Å². The summed E-state index contributed by atoms with van der Waals surface area (Å²) in [6.07, 6.45) is 9.80. The van der Waals surface area contributed by atoms with Gasteiger partial charge >= 0.3 is 0 Å². The summed E-state index contributed by atoms with van der Waals surface area (Å²) >= 11 is 0. The maximum atomic E-state index is 12.6. The van der Waals surface area contributed by atoms with Crippen LogP contribution in [0.3, 0.4) is 0 Å². The maximum Gasteiger partial charge on any atom is 0.118 e. The van der Waals surface area contributed by atoms with Gasteiger partial charge in [-0.1, -0.05) is 68.1 Å². The third-order valence-electron chi connectivity index (χ3n) is 7.40. The molecular formula is C27H37NO2. The van der Waals surface area contributed by atoms with Crippen molar-refractivity contribution in [3.8, 4) is 5.75 Å². The van der Waals surface area contributed by atoms with Crippen LogP contribution in [0.25, 0.3) is 0 Å². The van der Waals surface area contributed by atoms with Crippen molar-refractivity contribution >= 4 is 0 Å². The molecule has 162 valence electrons. The van der Waals surface area contributed by atoms with Gasteiger partial charge in [0, 0.05) is 12.5 Å². The Balaban J connectivity index is 1.76. The van der Waals surface area contributed by atoms with E-state index in [1.165, 1.54) is 44.1 Å². The highest BCUT2D eigenvalue weighted by Gasteiger charge is 2.46. The van der Waals surface area contributed by atoms with E-state index in [4.69, 9.17) is 4.74 Å². The highest BCUT2D eigenvalue weighted by atomic mass is 16.5. The zero-order chi connectivity index (χ0) is 20.8. The number of ether oxygens (including phenoxy) is 1. The average molecular weight is 408 g/mol. The van der Waals surface area contributed by atoms with Crippen LogP contribution in [0.4, 0.5) is 0 Å². The van der Waals surface area contributed by atoms with E-state index >= 15 is 0 Å². The van der Waals surface area contributed by atoms with Crippen LogP contribution in [0, 0.1) is 5.92 Å². The van der Waals surface area contributed by atoms with Crippen LogP contribution in [0.2, 0.25) is 0 Å². The first-order chi connectivity index (χ1) is 14.7. The monoisotopic (exact) mass is 407 g/mol. The van der Waals surface area contributed by atoms with Gasteiger partial charge in [0.15, 0.2) is 0 Å². The number of hydrogen-bond acceptors (Lipinski definition) is 3. The predicted molar refractivity (Wildman–Crippen MR) is 123 cm³/mol. The van der Waals surface area contributed by atoms with Crippen molar-refractivity contribution in [1.29, 1.82) is 0 Å². The summed E-state index contributed by atoms with van der Waals surface area (Å²) in [6.45, 7) is 3.21. The minimum atomic E-state index is -0.870. The van der Waals surface area contributed by atoms with Crippen LogP contribution in [0.5, 0.6) is 5.75 Å². The molecule has 30 heavy (non-hydrogen) atoms. The highest BCUT2D eigenvalue weighted by molar-refractivity contribution is 5.36. The molecule has 3 heteroatoms. The number of rotatable bonds is 7. The van der Waals surface area contributed by atoms with E-state index in [1.807, 2.05) is 12.1 Å². The van der Waals surface area contributed by atoms with Crippen LogP contribution in [0.15, 0.2) is 54.6 Å². The molecule has 1 saturated carbocycles. The van der Waals surface area contributed by atoms with E-state index in [1.54, 1.807) is 7.11 Å². The van der Waals surface area contributed by atoms with Crippen molar-refractivity contribution in [2.75, 3.05) is 26.7 Å². The molecule has 2 atom stereocenters. The van der Waals surface area contributed by atoms with Gasteiger partial charge in [-0.15, -0.1) is 0 Å². The first-order valence-corrected chi connectivity index (χ1v) is 11.9. The van der Waals surface area contributed by atoms with Crippen molar-refractivity contribution in [3.63, 3.8) is 0 Å². The Morgan fingerprint density at radius 2 is 1.53 bits per heavy atom. The number of benzene rings is 2. The lowest BCUT2D eigenvalue weighted by molar-refractivity contribution is -0.0710. The fourth-order valence-electron chi connectivity index (χ4n) is 5.71. The Kier molecular flexibility index (Phi) is 7.12. The van der Waals surface area contributed by atoms with Crippen LogP contribution in [-0.2, 0) is 5.60 Å². The first kappa shape index (κ1) is 21.4. The van der Waals surface area contributed by atoms with E-state index in [9.17, 15) is 5.11 Å². The smallest absolute Gasteiger partial charge is 0.118 e. The minimum Gasteiger partial charge on any atom is -0.497 e. The zero-order valence-electron chi connectivity index (χ0n) is 18.4. The molecule has 2 aliphatic rings. The van der Waals surface area contributed by atoms with Crippen molar-refractivity contribution in [2.45, 2.75) is 62.9 Å². The second-order valence-electron chi connectivity index (χ2n) is 9.21. The van der Waals surface area contributed by atoms with Gasteiger partial charge in [-0.05, 0) is 68.0 Å². The number of likely N-dealkylation sites (tertiary alicyclic amines) is 1. The van der Waals surface area contributed by atoms with Gasteiger partial charge in [0.2, 0.25) is 0 Å². The molecule has 1 aliphatic carbocycles. The lowest BCUT2D eigenvalue weighted by Crippen LogP contribution is -2.47. The van der Waals surface area contributed by atoms with Crippen LogP contribution >= 0.6 is 0 Å². The van der Waals surface area contributed by atoms with Gasteiger partial charge < -0.3 is 14.7 Å². The normalized spacial score (nSPS) is 21.7. The van der Waals surface area contributed by atoms with Crippen LogP contribution < -0.4 is 4.74 Å². The standard InChI is InChI=1S/C27H37NO2/c1-30-25-17-15-24(16-18-25)27(29,23-13-7-3-8-14-23)26(22-11-5-2-6-12-22)21-28-19-9-4-10-20-28/h2,5-6,11-12,15-18,23,26,29H,3-4,7-10,13-14,19-21H2,1H3/t26-,27+/m0/s1. The molecule has 2 fully saturated rings. The lowest BCUT2D eigenvalue weighted by atomic mass is 9.65. The SMILES string of the molecule is COc1ccc([C@](O)(C2CCCCC2)[C@@H](CN2CCCCC2)c2ccccc2)cc1. The molecule has 1 N–H and O–H groups in total. The van der Waals surface area contributed by atoms with E-state index in [-0.39, 0.29) is 11.8 Å². The topological polar surface area (TPSA) is 32.7 Å². The maximum absolute atomic E-state index is 12.6. The molecule has 2 aromatic rings. The van der Waals surface area contributed by atoms with Crippen molar-refractivity contribution in [3.05, 3.63) is 65.7 Å².